The molecule has 132 valence electrons. The van der Waals surface area contributed by atoms with E-state index < -0.39 is 23.7 Å². The van der Waals surface area contributed by atoms with Crippen molar-refractivity contribution in [3.63, 3.8) is 0 Å². The average Bonchev–Trinajstić information content (AvgIpc) is 2.52. The molecule has 1 amide bonds. The van der Waals surface area contributed by atoms with Crippen molar-refractivity contribution in [2.45, 2.75) is 51.7 Å². The maximum absolute atomic E-state index is 11.8. The van der Waals surface area contributed by atoms with Crippen LogP contribution in [0.5, 0.6) is 0 Å². The van der Waals surface area contributed by atoms with E-state index in [1.807, 2.05) is 30.4 Å². The minimum absolute atomic E-state index is 0.362. The van der Waals surface area contributed by atoms with E-state index >= 15 is 0 Å². The first-order valence-corrected chi connectivity index (χ1v) is 8.08. The van der Waals surface area contributed by atoms with Gasteiger partial charge in [0.1, 0.15) is 11.6 Å². The Morgan fingerprint density at radius 3 is 2.42 bits per heavy atom. The lowest BCUT2D eigenvalue weighted by Gasteiger charge is -2.22. The number of hydrogen-bond donors (Lipinski definition) is 1. The fourth-order valence-corrected chi connectivity index (χ4v) is 2.05. The van der Waals surface area contributed by atoms with Crippen LogP contribution in [0.2, 0.25) is 0 Å². The molecule has 0 radical (unpaired) electrons. The molecule has 0 unspecified atom stereocenters. The molecule has 5 heteroatoms. The van der Waals surface area contributed by atoms with Crippen LogP contribution < -0.4 is 5.32 Å². The number of aryl methyl sites for hydroxylation is 1. The van der Waals surface area contributed by atoms with Crippen LogP contribution in [0.1, 0.15) is 39.2 Å². The minimum atomic E-state index is -0.752. The van der Waals surface area contributed by atoms with E-state index in [-0.39, 0.29) is 0 Å². The molecule has 1 atom stereocenters. The van der Waals surface area contributed by atoms with Gasteiger partial charge in [0.05, 0.1) is 7.11 Å². The van der Waals surface area contributed by atoms with Gasteiger partial charge < -0.3 is 14.8 Å². The number of benzene rings is 1. The maximum Gasteiger partial charge on any atom is 0.408 e. The lowest BCUT2D eigenvalue weighted by Crippen LogP contribution is -2.43. The number of nitrogens with one attached hydrogen (secondary N) is 1. The van der Waals surface area contributed by atoms with Crippen molar-refractivity contribution in [1.82, 2.24) is 5.32 Å². The van der Waals surface area contributed by atoms with Gasteiger partial charge in [0.25, 0.3) is 0 Å². The molecule has 0 fully saturated rings. The van der Waals surface area contributed by atoms with Gasteiger partial charge in [0.15, 0.2) is 0 Å². The molecule has 0 aliphatic rings. The normalized spacial score (nSPS) is 12.7. The Bertz CT molecular complexity index is 546. The van der Waals surface area contributed by atoms with Gasteiger partial charge in [-0.25, -0.2) is 9.59 Å². The van der Waals surface area contributed by atoms with Gasteiger partial charge in [0.2, 0.25) is 0 Å². The summed E-state index contributed by atoms with van der Waals surface area (Å²) < 4.78 is 9.89. The molecule has 0 heterocycles. The number of esters is 1. The number of amides is 1. The van der Waals surface area contributed by atoms with E-state index in [9.17, 15) is 9.59 Å². The topological polar surface area (TPSA) is 64.6 Å². The van der Waals surface area contributed by atoms with Crippen molar-refractivity contribution in [3.05, 3.63) is 48.0 Å². The summed E-state index contributed by atoms with van der Waals surface area (Å²) in [7, 11) is 1.30. The molecule has 1 rings (SSSR count). The van der Waals surface area contributed by atoms with Crippen LogP contribution >= 0.6 is 0 Å². The molecule has 1 aromatic carbocycles. The first kappa shape index (κ1) is 19.7. The van der Waals surface area contributed by atoms with Gasteiger partial charge in [-0.05, 0) is 45.6 Å². The molecule has 0 bridgehead atoms. The number of rotatable bonds is 7. The lowest BCUT2D eigenvalue weighted by molar-refractivity contribution is -0.143. The Kier molecular flexibility index (Phi) is 8.02. The standard InChI is InChI=1S/C19H27NO4/c1-19(2,3)24-18(22)20-16(17(21)23-4)14-10-6-9-13-15-11-7-5-8-12-15/h5-8,10-12,16H,9,13-14H2,1-4H3,(H,20,22)/b10-6+/t16-/m0/s1. The Hall–Kier alpha value is -2.30. The molecule has 0 saturated carbocycles. The van der Waals surface area contributed by atoms with Gasteiger partial charge >= 0.3 is 12.1 Å². The molecule has 1 aromatic rings. The largest absolute Gasteiger partial charge is 0.467 e. The van der Waals surface area contributed by atoms with Crippen molar-refractivity contribution in [1.29, 1.82) is 0 Å². The summed E-state index contributed by atoms with van der Waals surface area (Å²) in [6.07, 6.45) is 5.41. The van der Waals surface area contributed by atoms with Crippen LogP contribution in [-0.2, 0) is 20.7 Å². The number of carbonyl (C=O) groups is 2. The molecule has 24 heavy (non-hydrogen) atoms. The van der Waals surface area contributed by atoms with E-state index in [0.29, 0.717) is 6.42 Å². The zero-order valence-electron chi connectivity index (χ0n) is 14.9. The average molecular weight is 333 g/mol. The van der Waals surface area contributed by atoms with Crippen molar-refractivity contribution in [2.24, 2.45) is 0 Å². The fraction of sp³-hybridized carbons (Fsp3) is 0.474. The second kappa shape index (κ2) is 9.75. The molecule has 0 aliphatic carbocycles. The molecule has 0 spiro atoms. The van der Waals surface area contributed by atoms with E-state index in [4.69, 9.17) is 9.47 Å². The zero-order chi connectivity index (χ0) is 18.0. The van der Waals surface area contributed by atoms with Crippen molar-refractivity contribution in [2.75, 3.05) is 7.11 Å². The smallest absolute Gasteiger partial charge is 0.408 e. The van der Waals surface area contributed by atoms with Crippen molar-refractivity contribution < 1.29 is 19.1 Å². The summed E-state index contributed by atoms with van der Waals surface area (Å²) in [5.41, 5.74) is 0.648. The van der Waals surface area contributed by atoms with E-state index in [2.05, 4.69) is 17.4 Å². The third-order valence-electron chi connectivity index (χ3n) is 3.16. The summed E-state index contributed by atoms with van der Waals surface area (Å²) in [6, 6.07) is 9.42. The Balaban J connectivity index is 2.46. The highest BCUT2D eigenvalue weighted by molar-refractivity contribution is 5.81. The van der Waals surface area contributed by atoms with E-state index in [1.54, 1.807) is 20.8 Å². The highest BCUT2D eigenvalue weighted by Gasteiger charge is 2.23. The molecule has 0 aromatic heterocycles. The summed E-state index contributed by atoms with van der Waals surface area (Å²) in [6.45, 7) is 5.30. The van der Waals surface area contributed by atoms with Crippen LogP contribution in [-0.4, -0.2) is 30.8 Å². The number of carbonyl (C=O) groups excluding carboxylic acids is 2. The van der Waals surface area contributed by atoms with Crippen molar-refractivity contribution >= 4 is 12.1 Å². The first-order chi connectivity index (χ1) is 11.3. The van der Waals surface area contributed by atoms with Crippen LogP contribution in [0.25, 0.3) is 0 Å². The Morgan fingerprint density at radius 2 is 1.83 bits per heavy atom. The molecule has 0 aliphatic heterocycles. The third kappa shape index (κ3) is 8.36. The highest BCUT2D eigenvalue weighted by Crippen LogP contribution is 2.08. The second-order valence-electron chi connectivity index (χ2n) is 6.45. The van der Waals surface area contributed by atoms with Gasteiger partial charge in [-0.15, -0.1) is 0 Å². The summed E-state index contributed by atoms with van der Waals surface area (Å²) in [5, 5.41) is 2.55. The Labute approximate surface area is 144 Å². The maximum atomic E-state index is 11.8. The number of hydrogen-bond acceptors (Lipinski definition) is 4. The van der Waals surface area contributed by atoms with Gasteiger partial charge in [-0.3, -0.25) is 0 Å². The molecule has 5 nitrogen and oxygen atoms in total. The summed E-state index contributed by atoms with van der Waals surface area (Å²) >= 11 is 0. The lowest BCUT2D eigenvalue weighted by atomic mass is 10.1. The molecule has 0 saturated heterocycles. The number of methoxy groups -OCH3 is 1. The van der Waals surface area contributed by atoms with Crippen LogP contribution in [0.4, 0.5) is 4.79 Å². The number of allylic oxidation sites excluding steroid dienone is 1. The molecule has 1 N–H and O–H groups in total. The number of alkyl carbamates (subject to hydrolysis) is 1. The second-order valence-corrected chi connectivity index (χ2v) is 6.45. The van der Waals surface area contributed by atoms with E-state index in [0.717, 1.165) is 12.8 Å². The van der Waals surface area contributed by atoms with Gasteiger partial charge in [-0.2, -0.15) is 0 Å². The van der Waals surface area contributed by atoms with Crippen LogP contribution in [0.3, 0.4) is 0 Å². The first-order valence-electron chi connectivity index (χ1n) is 8.08. The SMILES string of the molecule is COC(=O)[C@H](C/C=C/CCc1ccccc1)NC(=O)OC(C)(C)C. The highest BCUT2D eigenvalue weighted by atomic mass is 16.6. The monoisotopic (exact) mass is 333 g/mol. The minimum Gasteiger partial charge on any atom is -0.467 e. The van der Waals surface area contributed by atoms with Gasteiger partial charge in [-0.1, -0.05) is 42.5 Å². The van der Waals surface area contributed by atoms with E-state index in [1.165, 1.54) is 12.7 Å². The van der Waals surface area contributed by atoms with Crippen LogP contribution in [0.15, 0.2) is 42.5 Å². The van der Waals surface area contributed by atoms with Crippen molar-refractivity contribution in [3.8, 4) is 0 Å². The van der Waals surface area contributed by atoms with Crippen LogP contribution in [0, 0.1) is 0 Å². The zero-order valence-corrected chi connectivity index (χ0v) is 14.9. The number of ether oxygens (including phenoxy) is 2. The summed E-state index contributed by atoms with van der Waals surface area (Å²) in [4.78, 5) is 23.6. The molecular weight excluding hydrogens is 306 g/mol. The molecular formula is C19H27NO4. The predicted octanol–water partition coefficient (Wildman–Crippen LogP) is 3.63. The fourth-order valence-electron chi connectivity index (χ4n) is 2.05. The Morgan fingerprint density at radius 1 is 1.17 bits per heavy atom. The third-order valence-corrected chi connectivity index (χ3v) is 3.16. The van der Waals surface area contributed by atoms with Gasteiger partial charge in [0, 0.05) is 0 Å². The quantitative estimate of drug-likeness (QED) is 0.611. The summed E-state index contributed by atoms with van der Waals surface area (Å²) in [5.74, 6) is -0.492. The predicted molar refractivity (Wildman–Crippen MR) is 93.7 cm³/mol.